The smallest absolute Gasteiger partial charge is 0.260 e. The van der Waals surface area contributed by atoms with Crippen LogP contribution in [0.3, 0.4) is 0 Å². The second-order valence-corrected chi connectivity index (χ2v) is 14.8. The fourth-order valence-corrected chi connectivity index (χ4v) is 7.39. The highest BCUT2D eigenvalue weighted by atomic mass is 32.2. The van der Waals surface area contributed by atoms with Gasteiger partial charge in [0.15, 0.2) is 9.84 Å². The van der Waals surface area contributed by atoms with Gasteiger partial charge in [0.05, 0.1) is 17.2 Å². The molecule has 10 nitrogen and oxygen atoms in total. The maximum Gasteiger partial charge on any atom is 0.260 e. The molecule has 3 aromatic carbocycles. The van der Waals surface area contributed by atoms with Gasteiger partial charge in [-0.05, 0) is 119 Å². The zero-order valence-electron chi connectivity index (χ0n) is 27.9. The summed E-state index contributed by atoms with van der Waals surface area (Å²) in [6.07, 6.45) is 3.90. The molecule has 0 saturated carbocycles. The Hall–Kier alpha value is -4.58. The first-order valence-corrected chi connectivity index (χ1v) is 17.9. The van der Waals surface area contributed by atoms with Gasteiger partial charge in [-0.3, -0.25) is 9.36 Å². The van der Waals surface area contributed by atoms with Crippen molar-refractivity contribution < 1.29 is 13.2 Å². The molecule has 6 rings (SSSR count). The maximum absolute atomic E-state index is 14.3. The van der Waals surface area contributed by atoms with Crippen LogP contribution in [0, 0.1) is 13.8 Å². The van der Waals surface area contributed by atoms with Crippen LogP contribution >= 0.6 is 0 Å². The molecular weight excluding hydrogens is 625 g/mol. The number of nitrogens with zero attached hydrogens (tertiary/aromatic N) is 4. The summed E-state index contributed by atoms with van der Waals surface area (Å²) < 4.78 is 33.8. The number of fused-ring (bicyclic) bond motifs is 1. The lowest BCUT2D eigenvalue weighted by molar-refractivity contribution is 0.162. The molecule has 0 unspecified atom stereocenters. The van der Waals surface area contributed by atoms with Crippen molar-refractivity contribution in [1.82, 2.24) is 24.8 Å². The lowest BCUT2D eigenvalue weighted by Crippen LogP contribution is -2.34. The molecule has 0 amide bonds. The van der Waals surface area contributed by atoms with Crippen molar-refractivity contribution in [3.8, 4) is 16.9 Å². The number of piperidine rings is 1. The molecule has 2 aromatic heterocycles. The molecule has 1 aliphatic rings. The van der Waals surface area contributed by atoms with Crippen molar-refractivity contribution in [2.24, 2.45) is 0 Å². The van der Waals surface area contributed by atoms with Crippen LogP contribution in [0.4, 0.5) is 11.6 Å². The van der Waals surface area contributed by atoms with Crippen LogP contribution in [0.2, 0.25) is 0 Å². The summed E-state index contributed by atoms with van der Waals surface area (Å²) in [6, 6.07) is 22.5. The second-order valence-electron chi connectivity index (χ2n) is 12.7. The third-order valence-electron chi connectivity index (χ3n) is 8.77. The number of aryl methyl sites for hydroxylation is 2. The third-order valence-corrected chi connectivity index (χ3v) is 10.5. The minimum absolute atomic E-state index is 0.0159. The van der Waals surface area contributed by atoms with E-state index in [1.165, 1.54) is 0 Å². The molecule has 1 aliphatic heterocycles. The van der Waals surface area contributed by atoms with Gasteiger partial charge >= 0.3 is 0 Å². The number of aromatic nitrogens is 3. The number of benzene rings is 3. The van der Waals surface area contributed by atoms with E-state index in [4.69, 9.17) is 9.72 Å². The minimum Gasteiger partial charge on any atom is -0.490 e. The Balaban J connectivity index is 1.35. The van der Waals surface area contributed by atoms with Crippen LogP contribution in [-0.2, 0) is 16.4 Å². The summed E-state index contributed by atoms with van der Waals surface area (Å²) >= 11 is 0. The standard InChI is InChI=1S/C37H42N6O4S/c1-25-7-5-6-8-27(25)24-43-35-28(22-34(36(43)44)33-14-13-32(21-26(33)2)48(45,46)20-19-42(3)4)23-39-37(41-35)40-29-9-11-30(12-10-29)47-31-15-17-38-18-16-31/h5-14,21-23,31,38H,15-20,24H2,1-4H3,(H,39,40,41). The van der Waals surface area contributed by atoms with Crippen molar-refractivity contribution in [2.75, 3.05) is 44.8 Å². The van der Waals surface area contributed by atoms with Gasteiger partial charge in [-0.15, -0.1) is 0 Å². The van der Waals surface area contributed by atoms with Crippen molar-refractivity contribution in [3.05, 3.63) is 106 Å². The Morgan fingerprint density at radius 3 is 2.42 bits per heavy atom. The van der Waals surface area contributed by atoms with Gasteiger partial charge in [0.2, 0.25) is 5.95 Å². The van der Waals surface area contributed by atoms with E-state index in [-0.39, 0.29) is 22.3 Å². The lowest BCUT2D eigenvalue weighted by Gasteiger charge is -2.23. The Labute approximate surface area is 281 Å². The number of rotatable bonds is 11. The number of hydrogen-bond acceptors (Lipinski definition) is 9. The van der Waals surface area contributed by atoms with E-state index in [1.807, 2.05) is 81.4 Å². The van der Waals surface area contributed by atoms with Crippen LogP contribution in [-0.4, -0.2) is 73.4 Å². The quantitative estimate of drug-likeness (QED) is 0.193. The Bertz CT molecular complexity index is 2090. The molecule has 48 heavy (non-hydrogen) atoms. The van der Waals surface area contributed by atoms with Crippen molar-refractivity contribution in [3.63, 3.8) is 0 Å². The molecule has 0 radical (unpaired) electrons. The number of hydrogen-bond donors (Lipinski definition) is 2. The van der Waals surface area contributed by atoms with Crippen LogP contribution in [0.1, 0.15) is 29.5 Å². The maximum atomic E-state index is 14.3. The number of nitrogens with one attached hydrogen (secondary N) is 2. The van der Waals surface area contributed by atoms with E-state index in [1.54, 1.807) is 35.0 Å². The Kier molecular flexibility index (Phi) is 9.91. The zero-order valence-corrected chi connectivity index (χ0v) is 28.7. The zero-order chi connectivity index (χ0) is 33.8. The Morgan fingerprint density at radius 1 is 0.958 bits per heavy atom. The van der Waals surface area contributed by atoms with Gasteiger partial charge in [-0.2, -0.15) is 4.98 Å². The summed E-state index contributed by atoms with van der Waals surface area (Å²) in [5, 5.41) is 7.32. The van der Waals surface area contributed by atoms with Crippen molar-refractivity contribution in [1.29, 1.82) is 0 Å². The summed E-state index contributed by atoms with van der Waals surface area (Å²) in [4.78, 5) is 25.8. The van der Waals surface area contributed by atoms with Crippen molar-refractivity contribution >= 4 is 32.5 Å². The SMILES string of the molecule is Cc1ccccc1Cn1c(=O)c(-c2ccc(S(=O)(=O)CCN(C)C)cc2C)cc2cnc(Nc3ccc(OC4CCNCC4)cc3)nc21. The first-order chi connectivity index (χ1) is 23.1. The van der Waals surface area contributed by atoms with Crippen LogP contribution in [0.5, 0.6) is 5.75 Å². The molecule has 0 bridgehead atoms. The van der Waals surface area contributed by atoms with E-state index in [0.717, 1.165) is 48.5 Å². The minimum atomic E-state index is -3.48. The highest BCUT2D eigenvalue weighted by Crippen LogP contribution is 2.28. The van der Waals surface area contributed by atoms with E-state index < -0.39 is 9.84 Å². The lowest BCUT2D eigenvalue weighted by atomic mass is 10.0. The molecule has 1 saturated heterocycles. The molecule has 250 valence electrons. The third kappa shape index (κ3) is 7.59. The van der Waals surface area contributed by atoms with E-state index in [2.05, 4.69) is 15.6 Å². The van der Waals surface area contributed by atoms with E-state index in [0.29, 0.717) is 46.8 Å². The summed E-state index contributed by atoms with van der Waals surface area (Å²) in [6.45, 7) is 6.52. The molecule has 0 spiro atoms. The largest absolute Gasteiger partial charge is 0.490 e. The monoisotopic (exact) mass is 666 g/mol. The van der Waals surface area contributed by atoms with E-state index >= 15 is 0 Å². The topological polar surface area (TPSA) is 118 Å². The predicted octanol–water partition coefficient (Wildman–Crippen LogP) is 5.33. The van der Waals surface area contributed by atoms with Gasteiger partial charge in [-0.25, -0.2) is 13.4 Å². The van der Waals surface area contributed by atoms with Gasteiger partial charge in [0, 0.05) is 29.4 Å². The van der Waals surface area contributed by atoms with E-state index in [9.17, 15) is 13.2 Å². The first kappa shape index (κ1) is 33.3. The van der Waals surface area contributed by atoms with Crippen LogP contribution < -0.4 is 20.9 Å². The normalized spacial score (nSPS) is 14.0. The predicted molar refractivity (Wildman–Crippen MR) is 191 cm³/mol. The van der Waals surface area contributed by atoms with Gasteiger partial charge < -0.3 is 20.3 Å². The molecule has 5 aromatic rings. The number of pyridine rings is 1. The van der Waals surface area contributed by atoms with Crippen molar-refractivity contribution in [2.45, 2.75) is 44.2 Å². The fourth-order valence-electron chi connectivity index (χ4n) is 5.92. The number of sulfone groups is 1. The highest BCUT2D eigenvalue weighted by Gasteiger charge is 2.20. The first-order valence-electron chi connectivity index (χ1n) is 16.3. The number of ether oxygens (including phenoxy) is 1. The van der Waals surface area contributed by atoms with Gasteiger partial charge in [0.25, 0.3) is 5.56 Å². The average molecular weight is 667 g/mol. The summed E-state index contributed by atoms with van der Waals surface area (Å²) in [5.41, 5.74) is 4.96. The molecular formula is C37H42N6O4S. The molecule has 0 aliphatic carbocycles. The molecule has 3 heterocycles. The summed E-state index contributed by atoms with van der Waals surface area (Å²) in [7, 11) is 0.213. The molecule has 1 fully saturated rings. The fraction of sp³-hybridized carbons (Fsp3) is 0.324. The Morgan fingerprint density at radius 2 is 1.71 bits per heavy atom. The molecule has 11 heteroatoms. The average Bonchev–Trinajstić information content (AvgIpc) is 3.07. The molecule has 0 atom stereocenters. The van der Waals surface area contributed by atoms with Crippen LogP contribution in [0.15, 0.2) is 88.7 Å². The second kappa shape index (κ2) is 14.3. The number of anilines is 2. The van der Waals surface area contributed by atoms with Gasteiger partial charge in [-0.1, -0.05) is 30.3 Å². The van der Waals surface area contributed by atoms with Gasteiger partial charge in [0.1, 0.15) is 17.5 Å². The molecule has 2 N–H and O–H groups in total. The van der Waals surface area contributed by atoms with Crippen LogP contribution in [0.25, 0.3) is 22.2 Å². The summed E-state index contributed by atoms with van der Waals surface area (Å²) in [5.74, 6) is 1.20. The highest BCUT2D eigenvalue weighted by molar-refractivity contribution is 7.91.